The topological polar surface area (TPSA) is 0 Å². The molecule has 0 heterocycles. The van der Waals surface area contributed by atoms with E-state index in [1.54, 1.807) is 0 Å². The van der Waals surface area contributed by atoms with E-state index >= 15 is 0 Å². The van der Waals surface area contributed by atoms with Gasteiger partial charge in [-0.3, -0.25) is 0 Å². The van der Waals surface area contributed by atoms with Gasteiger partial charge in [0.05, 0.1) is 0 Å². The molecule has 0 spiro atoms. The molecule has 24 valence electrons. The van der Waals surface area contributed by atoms with Crippen molar-refractivity contribution in [1.29, 1.82) is 0 Å². The van der Waals surface area contributed by atoms with E-state index in [1.165, 1.54) is 0 Å². The summed E-state index contributed by atoms with van der Waals surface area (Å²) in [6, 6.07) is 0. The van der Waals surface area contributed by atoms with Gasteiger partial charge in [0.25, 0.3) is 0 Å². The van der Waals surface area contributed by atoms with Crippen LogP contribution >= 0.6 is 26.8 Å². The van der Waals surface area contributed by atoms with Crippen LogP contribution in [-0.4, -0.2) is 6.66 Å². The summed E-state index contributed by atoms with van der Waals surface area (Å²) in [5.74, 6) is 0. The van der Waals surface area contributed by atoms with Gasteiger partial charge in [0, 0.05) is 0 Å². The van der Waals surface area contributed by atoms with Crippen molar-refractivity contribution in [2.75, 3.05) is 6.66 Å². The summed E-state index contributed by atoms with van der Waals surface area (Å²) < 4.78 is 0. The first-order chi connectivity index (χ1) is 1.73. The van der Waals surface area contributed by atoms with Crippen LogP contribution in [0.25, 0.3) is 0 Å². The van der Waals surface area contributed by atoms with E-state index in [0.717, 1.165) is 0 Å². The molecule has 0 saturated carbocycles. The fraction of sp³-hybridized carbons (Fsp3) is 1.00. The molecule has 0 rings (SSSR count). The van der Waals surface area contributed by atoms with Gasteiger partial charge in [-0.2, -0.15) is 0 Å². The molecule has 4 heavy (non-hydrogen) atoms. The molecule has 0 saturated heterocycles. The van der Waals surface area contributed by atoms with Crippen molar-refractivity contribution in [1.82, 2.24) is 0 Å². The van der Waals surface area contributed by atoms with E-state index in [4.69, 9.17) is 0 Å². The molecule has 0 aliphatic carbocycles. The summed E-state index contributed by atoms with van der Waals surface area (Å²) in [7, 11) is 3.90. The molecule has 0 amide bonds. The predicted octanol–water partition coefficient (Wildman–Crippen LogP) is 2.27. The Balaban J connectivity index is 3.02. The summed E-state index contributed by atoms with van der Waals surface area (Å²) in [6.07, 6.45) is -0.231. The second-order valence-corrected chi connectivity index (χ2v) is 6.01. The Kier molecular flexibility index (Phi) is 2.95. The van der Waals surface area contributed by atoms with Crippen molar-refractivity contribution in [3.63, 3.8) is 0 Å². The van der Waals surface area contributed by atoms with Crippen LogP contribution < -0.4 is 0 Å². The van der Waals surface area contributed by atoms with Gasteiger partial charge >= 0.3 is 33.5 Å². The molecule has 0 bridgehead atoms. The van der Waals surface area contributed by atoms with Crippen molar-refractivity contribution in [2.45, 2.75) is 0 Å². The Morgan fingerprint density at radius 2 is 2.00 bits per heavy atom. The van der Waals surface area contributed by atoms with Crippen LogP contribution in [0.15, 0.2) is 0 Å². The van der Waals surface area contributed by atoms with Crippen LogP contribution in [0.1, 0.15) is 0 Å². The maximum absolute atomic E-state index is 3.90. The molecule has 1 atom stereocenters. The number of thiol groups is 1. The molecule has 0 fully saturated rings. The second-order valence-electron chi connectivity index (χ2n) is 0.489. The SMILES string of the molecule is CP(#P)S. The minimum absolute atomic E-state index is 0.231. The van der Waals surface area contributed by atoms with E-state index in [9.17, 15) is 0 Å². The zero-order chi connectivity index (χ0) is 3.58. The summed E-state index contributed by atoms with van der Waals surface area (Å²) >= 11 is 3.90. The van der Waals surface area contributed by atoms with Gasteiger partial charge in [-0.1, -0.05) is 0 Å². The van der Waals surface area contributed by atoms with Crippen molar-refractivity contribution < 1.29 is 0 Å². The molecule has 0 radical (unpaired) electrons. The molecule has 0 N–H and O–H groups in total. The number of hydrogen-bond acceptors (Lipinski definition) is 1. The molecular formula is CH4P2S. The molecule has 0 aliphatic heterocycles. The third kappa shape index (κ3) is 11.4. The monoisotopic (exact) mass is 110 g/mol. The first kappa shape index (κ1) is 5.08. The summed E-state index contributed by atoms with van der Waals surface area (Å²) in [6.45, 7) is 1.96. The van der Waals surface area contributed by atoms with Gasteiger partial charge in [0.2, 0.25) is 0 Å². The molecule has 0 aromatic heterocycles. The van der Waals surface area contributed by atoms with Crippen LogP contribution in [0.4, 0.5) is 0 Å². The van der Waals surface area contributed by atoms with Gasteiger partial charge in [-0.05, 0) is 0 Å². The van der Waals surface area contributed by atoms with Crippen LogP contribution in [-0.2, 0) is 0 Å². The first-order valence-corrected chi connectivity index (χ1v) is 4.94. The van der Waals surface area contributed by atoms with E-state index in [-0.39, 0.29) is 6.23 Å². The summed E-state index contributed by atoms with van der Waals surface area (Å²) in [4.78, 5) is 0. The zero-order valence-electron chi connectivity index (χ0n) is 2.34. The standard InChI is InChI=1S/CH4P2S/c1-3(2)4/h4H,1H3. The van der Waals surface area contributed by atoms with E-state index < -0.39 is 0 Å². The average Bonchev–Trinajstić information content (AvgIpc) is 0.811. The number of hydrogen-bond donors (Lipinski definition) is 1. The fourth-order valence-electron chi connectivity index (χ4n) is 0. The summed E-state index contributed by atoms with van der Waals surface area (Å²) in [5, 5.41) is 0. The van der Waals surface area contributed by atoms with E-state index in [2.05, 4.69) is 20.6 Å². The van der Waals surface area contributed by atoms with Gasteiger partial charge < -0.3 is 0 Å². The van der Waals surface area contributed by atoms with Crippen molar-refractivity contribution >= 4 is 26.8 Å². The molecule has 0 nitrogen and oxygen atoms in total. The number of rotatable bonds is 0. The van der Waals surface area contributed by atoms with Crippen molar-refractivity contribution in [3.8, 4) is 0 Å². The van der Waals surface area contributed by atoms with E-state index in [0.29, 0.717) is 0 Å². The van der Waals surface area contributed by atoms with Crippen LogP contribution in [0, 0.1) is 0 Å². The average molecular weight is 110 g/mol. The molecular weight excluding hydrogens is 106 g/mol. The van der Waals surface area contributed by atoms with Crippen molar-refractivity contribution in [2.24, 2.45) is 0 Å². The molecule has 1 unspecified atom stereocenters. The van der Waals surface area contributed by atoms with Gasteiger partial charge in [0.15, 0.2) is 0 Å². The van der Waals surface area contributed by atoms with Crippen LogP contribution in [0.3, 0.4) is 0 Å². The van der Waals surface area contributed by atoms with Gasteiger partial charge in [-0.25, -0.2) is 0 Å². The van der Waals surface area contributed by atoms with E-state index in [1.807, 2.05) is 6.66 Å². The molecule has 0 aromatic carbocycles. The maximum atomic E-state index is 3.90. The second kappa shape index (κ2) is 2.33. The normalized spacial score (nSPS) is 10.8. The molecule has 0 aliphatic rings. The predicted molar refractivity (Wildman–Crippen MR) is 28.7 cm³/mol. The third-order valence-electron chi connectivity index (χ3n) is 0. The van der Waals surface area contributed by atoms with Crippen LogP contribution in [0.2, 0.25) is 0 Å². The fourth-order valence-corrected chi connectivity index (χ4v) is 0. The van der Waals surface area contributed by atoms with Crippen LogP contribution in [0.5, 0.6) is 0 Å². The summed E-state index contributed by atoms with van der Waals surface area (Å²) in [5.41, 5.74) is 0. The Bertz CT molecular complexity index is 52.2. The Labute approximate surface area is 34.2 Å². The first-order valence-electron chi connectivity index (χ1n) is 0.847. The molecule has 0 aromatic rings. The third-order valence-corrected chi connectivity index (χ3v) is 0. The molecule has 3 heteroatoms. The Hall–Kier alpha value is 1.08. The Morgan fingerprint density at radius 1 is 2.00 bits per heavy atom. The van der Waals surface area contributed by atoms with Crippen molar-refractivity contribution in [3.05, 3.63) is 0 Å². The quantitative estimate of drug-likeness (QED) is 0.359. The van der Waals surface area contributed by atoms with Gasteiger partial charge in [-0.15, -0.1) is 0 Å². The van der Waals surface area contributed by atoms with Gasteiger partial charge in [0.1, 0.15) is 0 Å². The Morgan fingerprint density at radius 3 is 2.00 bits per heavy atom. The minimum atomic E-state index is -0.231. The zero-order valence-corrected chi connectivity index (χ0v) is 5.02.